The van der Waals surface area contributed by atoms with E-state index in [1.165, 1.54) is 6.08 Å². The summed E-state index contributed by atoms with van der Waals surface area (Å²) < 4.78 is 0.424. The zero-order chi connectivity index (χ0) is 13.6. The summed E-state index contributed by atoms with van der Waals surface area (Å²) in [6.45, 7) is 10.9. The summed E-state index contributed by atoms with van der Waals surface area (Å²) in [6.07, 6.45) is 2.43. The molecule has 0 unspecified atom stereocenters. The molecular weight excluding hydrogens is 230 g/mol. The van der Waals surface area contributed by atoms with Gasteiger partial charge in [-0.25, -0.2) is 4.79 Å². The number of carbonyl (C=O) groups excluding carboxylic acids is 2. The Morgan fingerprint density at radius 1 is 1.39 bits per heavy atom. The second kappa shape index (κ2) is 6.66. The van der Waals surface area contributed by atoms with Gasteiger partial charge in [-0.2, -0.15) is 0 Å². The van der Waals surface area contributed by atoms with Gasteiger partial charge in [0.05, 0.1) is 19.6 Å². The molecule has 0 aromatic heterocycles. The van der Waals surface area contributed by atoms with Crippen LogP contribution in [0, 0.1) is 0 Å². The molecule has 102 valence electrons. The Labute approximate surface area is 109 Å². The minimum Gasteiger partial charge on any atom is -0.370 e. The lowest BCUT2D eigenvalue weighted by Crippen LogP contribution is -2.62. The molecule has 0 spiro atoms. The fourth-order valence-electron chi connectivity index (χ4n) is 2.51. The van der Waals surface area contributed by atoms with E-state index in [9.17, 15) is 9.59 Å². The first-order valence-electron chi connectivity index (χ1n) is 6.58. The van der Waals surface area contributed by atoms with E-state index in [0.29, 0.717) is 23.9 Å². The van der Waals surface area contributed by atoms with Gasteiger partial charge in [-0.1, -0.05) is 13.5 Å². The summed E-state index contributed by atoms with van der Waals surface area (Å²) in [5.74, 6) is -0.235. The van der Waals surface area contributed by atoms with Gasteiger partial charge in [0.1, 0.15) is 0 Å². The SMILES string of the molecule is C=CC(=O)[N+]1(CCCC(N)=O)CCN(CC)CC1. The Morgan fingerprint density at radius 3 is 2.44 bits per heavy atom. The van der Waals surface area contributed by atoms with Crippen molar-refractivity contribution in [1.29, 1.82) is 0 Å². The topological polar surface area (TPSA) is 63.4 Å². The van der Waals surface area contributed by atoms with E-state index in [1.807, 2.05) is 0 Å². The Hall–Kier alpha value is -1.20. The summed E-state index contributed by atoms with van der Waals surface area (Å²) in [5.41, 5.74) is 5.14. The Bertz CT molecular complexity index is 320. The van der Waals surface area contributed by atoms with Crippen molar-refractivity contribution >= 4 is 11.8 Å². The molecule has 1 rings (SSSR count). The van der Waals surface area contributed by atoms with Crippen molar-refractivity contribution in [2.45, 2.75) is 19.8 Å². The molecule has 0 aromatic carbocycles. The molecule has 0 saturated carbocycles. The molecule has 0 atom stereocenters. The van der Waals surface area contributed by atoms with Crippen LogP contribution in [0.5, 0.6) is 0 Å². The largest absolute Gasteiger partial charge is 0.370 e. The molecule has 2 N–H and O–H groups in total. The van der Waals surface area contributed by atoms with Crippen LogP contribution in [0.25, 0.3) is 0 Å². The van der Waals surface area contributed by atoms with Crippen molar-refractivity contribution in [3.05, 3.63) is 12.7 Å². The minimum atomic E-state index is -0.300. The maximum absolute atomic E-state index is 12.1. The summed E-state index contributed by atoms with van der Waals surface area (Å²) in [6, 6.07) is 0. The van der Waals surface area contributed by atoms with Gasteiger partial charge in [0.25, 0.3) is 0 Å². The molecule has 0 bridgehead atoms. The van der Waals surface area contributed by atoms with Crippen molar-refractivity contribution in [2.24, 2.45) is 5.73 Å². The molecule has 5 heteroatoms. The van der Waals surface area contributed by atoms with E-state index in [2.05, 4.69) is 18.4 Å². The van der Waals surface area contributed by atoms with Crippen LogP contribution in [0.4, 0.5) is 0 Å². The maximum Gasteiger partial charge on any atom is 0.338 e. The number of nitrogens with two attached hydrogens (primary N) is 1. The highest BCUT2D eigenvalue weighted by atomic mass is 16.2. The van der Waals surface area contributed by atoms with Crippen molar-refractivity contribution < 1.29 is 14.1 Å². The van der Waals surface area contributed by atoms with Crippen LogP contribution >= 0.6 is 0 Å². The zero-order valence-corrected chi connectivity index (χ0v) is 11.2. The van der Waals surface area contributed by atoms with Gasteiger partial charge in [0.15, 0.2) is 0 Å². The average molecular weight is 254 g/mol. The number of primary amides is 1. The summed E-state index contributed by atoms with van der Waals surface area (Å²) in [7, 11) is 0. The van der Waals surface area contributed by atoms with Crippen LogP contribution in [0.15, 0.2) is 12.7 Å². The van der Waals surface area contributed by atoms with Crippen LogP contribution in [-0.2, 0) is 9.59 Å². The monoisotopic (exact) mass is 254 g/mol. The molecule has 1 aliphatic rings. The third-order valence-electron chi connectivity index (χ3n) is 3.79. The lowest BCUT2D eigenvalue weighted by atomic mass is 10.1. The third kappa shape index (κ3) is 3.65. The van der Waals surface area contributed by atoms with Crippen LogP contribution < -0.4 is 5.73 Å². The second-order valence-corrected chi connectivity index (χ2v) is 4.86. The quantitative estimate of drug-likeness (QED) is 0.541. The van der Waals surface area contributed by atoms with Gasteiger partial charge in [-0.3, -0.25) is 14.2 Å². The predicted molar refractivity (Wildman–Crippen MR) is 70.6 cm³/mol. The van der Waals surface area contributed by atoms with Crippen molar-refractivity contribution in [3.63, 3.8) is 0 Å². The lowest BCUT2D eigenvalue weighted by molar-refractivity contribution is -0.857. The molecule has 1 saturated heterocycles. The number of hydrogen-bond acceptors (Lipinski definition) is 3. The van der Waals surface area contributed by atoms with Crippen molar-refractivity contribution in [3.8, 4) is 0 Å². The highest BCUT2D eigenvalue weighted by Crippen LogP contribution is 2.16. The highest BCUT2D eigenvalue weighted by Gasteiger charge is 2.37. The van der Waals surface area contributed by atoms with Crippen LogP contribution in [0.1, 0.15) is 19.8 Å². The summed E-state index contributed by atoms with van der Waals surface area (Å²) in [4.78, 5) is 25.2. The van der Waals surface area contributed by atoms with Gasteiger partial charge in [0.2, 0.25) is 5.91 Å². The molecule has 1 aliphatic heterocycles. The standard InChI is InChI=1S/C13H23N3O2/c1-3-13(18)16(9-5-6-12(14)17)10-7-15(4-2)8-11-16/h3H,1,4-11H2,2H3,(H-,14,17)/p+1. The van der Waals surface area contributed by atoms with E-state index in [0.717, 1.165) is 32.7 Å². The average Bonchev–Trinajstić information content (AvgIpc) is 2.38. The molecule has 5 nitrogen and oxygen atoms in total. The van der Waals surface area contributed by atoms with Crippen molar-refractivity contribution in [2.75, 3.05) is 39.3 Å². The van der Waals surface area contributed by atoms with Gasteiger partial charge in [-0.15, -0.1) is 0 Å². The molecule has 1 heterocycles. The van der Waals surface area contributed by atoms with E-state index < -0.39 is 0 Å². The van der Waals surface area contributed by atoms with Crippen LogP contribution in [-0.4, -0.2) is 60.5 Å². The van der Waals surface area contributed by atoms with Crippen LogP contribution in [0.3, 0.4) is 0 Å². The molecule has 0 aliphatic carbocycles. The number of hydrogen-bond donors (Lipinski definition) is 1. The first kappa shape index (κ1) is 14.9. The fraction of sp³-hybridized carbons (Fsp3) is 0.692. The lowest BCUT2D eigenvalue weighted by Gasteiger charge is -2.41. The number of piperazine rings is 1. The third-order valence-corrected chi connectivity index (χ3v) is 3.79. The highest BCUT2D eigenvalue weighted by molar-refractivity contribution is 5.81. The number of nitrogens with zero attached hydrogens (tertiary/aromatic N) is 2. The normalized spacial score (nSPS) is 19.4. The van der Waals surface area contributed by atoms with E-state index in [1.54, 1.807) is 0 Å². The first-order valence-corrected chi connectivity index (χ1v) is 6.58. The van der Waals surface area contributed by atoms with Gasteiger partial charge in [-0.05, 0) is 6.54 Å². The van der Waals surface area contributed by atoms with E-state index >= 15 is 0 Å². The molecule has 1 fully saturated rings. The molecular formula is C13H24N3O2+. The van der Waals surface area contributed by atoms with Gasteiger partial charge >= 0.3 is 5.91 Å². The molecule has 0 radical (unpaired) electrons. The molecule has 18 heavy (non-hydrogen) atoms. The second-order valence-electron chi connectivity index (χ2n) is 4.86. The van der Waals surface area contributed by atoms with Crippen LogP contribution in [0.2, 0.25) is 0 Å². The maximum atomic E-state index is 12.1. The Balaban J connectivity index is 2.63. The number of rotatable bonds is 6. The van der Waals surface area contributed by atoms with E-state index in [-0.39, 0.29) is 11.8 Å². The van der Waals surface area contributed by atoms with Gasteiger partial charge in [0, 0.05) is 32.0 Å². The van der Waals surface area contributed by atoms with E-state index in [4.69, 9.17) is 5.73 Å². The molecule has 2 amide bonds. The summed E-state index contributed by atoms with van der Waals surface area (Å²) >= 11 is 0. The number of likely N-dealkylation sites (N-methyl/N-ethyl adjacent to an activating group) is 1. The van der Waals surface area contributed by atoms with Crippen molar-refractivity contribution in [1.82, 2.24) is 4.90 Å². The number of carbonyl (C=O) groups is 2. The first-order chi connectivity index (χ1) is 8.54. The number of amides is 2. The van der Waals surface area contributed by atoms with Gasteiger partial charge < -0.3 is 5.73 Å². The minimum absolute atomic E-state index is 0.0650. The molecule has 0 aromatic rings. The number of quaternary nitrogens is 1. The zero-order valence-electron chi connectivity index (χ0n) is 11.2. The predicted octanol–water partition coefficient (Wildman–Crippen LogP) is 0.117. The summed E-state index contributed by atoms with van der Waals surface area (Å²) in [5, 5.41) is 0. The fourth-order valence-corrected chi connectivity index (χ4v) is 2.51. The Kier molecular flexibility index (Phi) is 5.50. The Morgan fingerprint density at radius 2 is 2.00 bits per heavy atom. The smallest absolute Gasteiger partial charge is 0.338 e.